The van der Waals surface area contributed by atoms with Gasteiger partial charge in [-0.1, -0.05) is 6.92 Å². The van der Waals surface area contributed by atoms with Crippen molar-refractivity contribution in [1.29, 1.82) is 0 Å². The summed E-state index contributed by atoms with van der Waals surface area (Å²) in [5.41, 5.74) is 5.77. The summed E-state index contributed by atoms with van der Waals surface area (Å²) >= 11 is 0. The Morgan fingerprint density at radius 1 is 1.62 bits per heavy atom. The fraction of sp³-hybridized carbons (Fsp3) is 1.00. The Morgan fingerprint density at radius 3 is 3.08 bits per heavy atom. The van der Waals surface area contributed by atoms with E-state index in [1.807, 2.05) is 0 Å². The van der Waals surface area contributed by atoms with Crippen LogP contribution in [0.5, 0.6) is 0 Å². The summed E-state index contributed by atoms with van der Waals surface area (Å²) in [6, 6.07) is 0.310. The lowest BCUT2D eigenvalue weighted by Gasteiger charge is -2.12. The van der Waals surface area contributed by atoms with Gasteiger partial charge in [-0.3, -0.25) is 0 Å². The molecular weight excluding hydrogens is 164 g/mol. The van der Waals surface area contributed by atoms with Crippen LogP contribution in [0.25, 0.3) is 0 Å². The van der Waals surface area contributed by atoms with E-state index in [0.29, 0.717) is 12.1 Å². The minimum Gasteiger partial charge on any atom is -0.378 e. The highest BCUT2D eigenvalue weighted by molar-refractivity contribution is 4.67. The molecule has 1 saturated heterocycles. The van der Waals surface area contributed by atoms with Crippen LogP contribution in [0, 0.1) is 0 Å². The van der Waals surface area contributed by atoms with E-state index in [-0.39, 0.29) is 0 Å². The van der Waals surface area contributed by atoms with Crippen LogP contribution in [0.4, 0.5) is 0 Å². The Balaban J connectivity index is 1.88. The minimum absolute atomic E-state index is 0.310. The van der Waals surface area contributed by atoms with E-state index in [4.69, 9.17) is 10.5 Å². The van der Waals surface area contributed by atoms with E-state index >= 15 is 0 Å². The van der Waals surface area contributed by atoms with E-state index in [1.165, 1.54) is 12.8 Å². The SMILES string of the molecule is CCC(N)CNCCC1CCCO1. The third-order valence-corrected chi connectivity index (χ3v) is 2.60. The average molecular weight is 186 g/mol. The Hall–Kier alpha value is -0.120. The topological polar surface area (TPSA) is 47.3 Å². The van der Waals surface area contributed by atoms with Crippen LogP contribution in [-0.2, 0) is 4.74 Å². The minimum atomic E-state index is 0.310. The number of rotatable bonds is 6. The summed E-state index contributed by atoms with van der Waals surface area (Å²) in [6.45, 7) is 5.05. The summed E-state index contributed by atoms with van der Waals surface area (Å²) in [5, 5.41) is 3.36. The molecule has 0 amide bonds. The van der Waals surface area contributed by atoms with E-state index in [2.05, 4.69) is 12.2 Å². The summed E-state index contributed by atoms with van der Waals surface area (Å²) < 4.78 is 5.52. The van der Waals surface area contributed by atoms with Crippen molar-refractivity contribution < 1.29 is 4.74 Å². The van der Waals surface area contributed by atoms with Crippen LogP contribution in [0.3, 0.4) is 0 Å². The molecular formula is C10H22N2O. The monoisotopic (exact) mass is 186 g/mol. The van der Waals surface area contributed by atoms with Crippen molar-refractivity contribution in [1.82, 2.24) is 5.32 Å². The van der Waals surface area contributed by atoms with Gasteiger partial charge in [-0.25, -0.2) is 0 Å². The first-order chi connectivity index (χ1) is 6.33. The van der Waals surface area contributed by atoms with Crippen LogP contribution < -0.4 is 11.1 Å². The molecule has 0 aromatic heterocycles. The highest BCUT2D eigenvalue weighted by Crippen LogP contribution is 2.14. The maximum Gasteiger partial charge on any atom is 0.0588 e. The predicted octanol–water partition coefficient (Wildman–Crippen LogP) is 0.882. The average Bonchev–Trinajstić information content (AvgIpc) is 2.64. The normalized spacial score (nSPS) is 24.9. The van der Waals surface area contributed by atoms with Crippen molar-refractivity contribution >= 4 is 0 Å². The van der Waals surface area contributed by atoms with Gasteiger partial charge in [0.25, 0.3) is 0 Å². The van der Waals surface area contributed by atoms with Crippen LogP contribution in [0.15, 0.2) is 0 Å². The molecule has 13 heavy (non-hydrogen) atoms. The fourth-order valence-corrected chi connectivity index (χ4v) is 1.57. The Morgan fingerprint density at radius 2 is 2.46 bits per heavy atom. The van der Waals surface area contributed by atoms with E-state index in [1.54, 1.807) is 0 Å². The smallest absolute Gasteiger partial charge is 0.0588 e. The lowest BCUT2D eigenvalue weighted by Crippen LogP contribution is -2.34. The molecule has 0 bridgehead atoms. The van der Waals surface area contributed by atoms with Gasteiger partial charge in [0.1, 0.15) is 0 Å². The standard InChI is InChI=1S/C10H22N2O/c1-2-9(11)8-12-6-5-10-4-3-7-13-10/h9-10,12H,2-8,11H2,1H3. The molecule has 0 radical (unpaired) electrons. The fourth-order valence-electron chi connectivity index (χ4n) is 1.57. The van der Waals surface area contributed by atoms with Crippen molar-refractivity contribution in [2.24, 2.45) is 5.73 Å². The second-order valence-electron chi connectivity index (χ2n) is 3.80. The molecule has 0 spiro atoms. The first-order valence-electron chi connectivity index (χ1n) is 5.40. The molecule has 3 heteroatoms. The van der Waals surface area contributed by atoms with Crippen molar-refractivity contribution in [3.05, 3.63) is 0 Å². The van der Waals surface area contributed by atoms with Crippen LogP contribution >= 0.6 is 0 Å². The first kappa shape index (κ1) is 11.0. The van der Waals surface area contributed by atoms with Crippen LogP contribution in [0.2, 0.25) is 0 Å². The third kappa shape index (κ3) is 4.60. The van der Waals surface area contributed by atoms with E-state index < -0.39 is 0 Å². The molecule has 1 rings (SSSR count). The zero-order valence-corrected chi connectivity index (χ0v) is 8.59. The van der Waals surface area contributed by atoms with Gasteiger partial charge in [0.15, 0.2) is 0 Å². The number of hydrogen-bond donors (Lipinski definition) is 2. The van der Waals surface area contributed by atoms with Crippen molar-refractivity contribution in [3.63, 3.8) is 0 Å². The Kier molecular flexibility index (Phi) is 5.35. The van der Waals surface area contributed by atoms with E-state index in [9.17, 15) is 0 Å². The first-order valence-corrected chi connectivity index (χ1v) is 5.40. The molecule has 0 saturated carbocycles. The maximum atomic E-state index is 5.77. The molecule has 2 atom stereocenters. The summed E-state index contributed by atoms with van der Waals surface area (Å²) in [4.78, 5) is 0. The molecule has 1 aliphatic rings. The predicted molar refractivity (Wildman–Crippen MR) is 54.7 cm³/mol. The zero-order valence-electron chi connectivity index (χ0n) is 8.59. The Bertz CT molecular complexity index is 124. The van der Waals surface area contributed by atoms with Gasteiger partial charge in [0.05, 0.1) is 6.10 Å². The van der Waals surface area contributed by atoms with Gasteiger partial charge >= 0.3 is 0 Å². The van der Waals surface area contributed by atoms with Crippen molar-refractivity contribution in [2.45, 2.75) is 44.8 Å². The lowest BCUT2D eigenvalue weighted by atomic mass is 10.2. The molecule has 2 unspecified atom stereocenters. The summed E-state index contributed by atoms with van der Waals surface area (Å²) in [7, 11) is 0. The van der Waals surface area contributed by atoms with Gasteiger partial charge in [0.2, 0.25) is 0 Å². The van der Waals surface area contributed by atoms with Gasteiger partial charge in [0, 0.05) is 19.2 Å². The Labute approximate surface area is 81.0 Å². The molecule has 0 aromatic rings. The van der Waals surface area contributed by atoms with E-state index in [0.717, 1.165) is 32.5 Å². The molecule has 78 valence electrons. The molecule has 0 aliphatic carbocycles. The molecule has 1 fully saturated rings. The van der Waals surface area contributed by atoms with Gasteiger partial charge in [-0.15, -0.1) is 0 Å². The molecule has 1 aliphatic heterocycles. The third-order valence-electron chi connectivity index (χ3n) is 2.60. The number of ether oxygens (including phenoxy) is 1. The maximum absolute atomic E-state index is 5.77. The van der Waals surface area contributed by atoms with Crippen LogP contribution in [-0.4, -0.2) is 31.8 Å². The molecule has 3 N–H and O–H groups in total. The van der Waals surface area contributed by atoms with Gasteiger partial charge < -0.3 is 15.8 Å². The quantitative estimate of drug-likeness (QED) is 0.605. The zero-order chi connectivity index (χ0) is 9.52. The highest BCUT2D eigenvalue weighted by Gasteiger charge is 2.14. The second kappa shape index (κ2) is 6.35. The van der Waals surface area contributed by atoms with Crippen molar-refractivity contribution in [2.75, 3.05) is 19.7 Å². The molecule has 0 aromatic carbocycles. The highest BCUT2D eigenvalue weighted by atomic mass is 16.5. The summed E-state index contributed by atoms with van der Waals surface area (Å²) in [5.74, 6) is 0. The summed E-state index contributed by atoms with van der Waals surface area (Å²) in [6.07, 6.45) is 5.16. The second-order valence-corrected chi connectivity index (χ2v) is 3.80. The number of nitrogens with one attached hydrogen (secondary N) is 1. The van der Waals surface area contributed by atoms with Crippen molar-refractivity contribution in [3.8, 4) is 0 Å². The van der Waals surface area contributed by atoms with Gasteiger partial charge in [-0.2, -0.15) is 0 Å². The number of nitrogens with two attached hydrogens (primary N) is 1. The largest absolute Gasteiger partial charge is 0.378 e. The lowest BCUT2D eigenvalue weighted by molar-refractivity contribution is 0.104. The molecule has 3 nitrogen and oxygen atoms in total. The molecule has 1 heterocycles. The van der Waals surface area contributed by atoms with Gasteiger partial charge in [-0.05, 0) is 32.2 Å². The number of hydrogen-bond acceptors (Lipinski definition) is 3. The van der Waals surface area contributed by atoms with Crippen LogP contribution in [0.1, 0.15) is 32.6 Å².